The van der Waals surface area contributed by atoms with Crippen LogP contribution in [0.5, 0.6) is 0 Å². The molecule has 16 nitrogen and oxygen atoms in total. The third kappa shape index (κ3) is 8.98. The predicted molar refractivity (Wildman–Crippen MR) is 202 cm³/mol. The molecule has 1 saturated heterocycles. The fourth-order valence-corrected chi connectivity index (χ4v) is 12.7. The molecule has 6 rings (SSSR count). The highest BCUT2D eigenvalue weighted by atomic mass is 16.7. The quantitative estimate of drug-likeness (QED) is 0.114. The van der Waals surface area contributed by atoms with Gasteiger partial charge < -0.3 is 64.5 Å². The van der Waals surface area contributed by atoms with Crippen LogP contribution in [0.15, 0.2) is 0 Å². The van der Waals surface area contributed by atoms with Gasteiger partial charge in [0.05, 0.1) is 18.8 Å². The van der Waals surface area contributed by atoms with Crippen molar-refractivity contribution in [2.24, 2.45) is 58.2 Å². The van der Waals surface area contributed by atoms with Crippen LogP contribution in [0.25, 0.3) is 0 Å². The highest BCUT2D eigenvalue weighted by Gasteiger charge is 2.64. The first-order valence-corrected chi connectivity index (χ1v) is 21.5. The molecule has 58 heavy (non-hydrogen) atoms. The van der Waals surface area contributed by atoms with Crippen molar-refractivity contribution in [1.29, 1.82) is 0 Å². The van der Waals surface area contributed by atoms with Gasteiger partial charge >= 0.3 is 17.9 Å². The zero-order valence-corrected chi connectivity index (χ0v) is 34.3. The molecular weight excluding hydrogens is 760 g/mol. The van der Waals surface area contributed by atoms with Crippen molar-refractivity contribution in [3.63, 3.8) is 0 Å². The first-order chi connectivity index (χ1) is 27.4. The van der Waals surface area contributed by atoms with Crippen LogP contribution < -0.4 is 0 Å². The Morgan fingerprint density at radius 3 is 2.10 bits per heavy atom. The number of carbonyl (C=O) groups is 3. The third-order valence-corrected chi connectivity index (χ3v) is 16.2. The van der Waals surface area contributed by atoms with Gasteiger partial charge in [-0.1, -0.05) is 27.7 Å². The number of aliphatic hydroxyl groups excluding tert-OH is 7. The Hall–Kier alpha value is -1.99. The lowest BCUT2D eigenvalue weighted by Gasteiger charge is -2.62. The lowest BCUT2D eigenvalue weighted by Crippen LogP contribution is -2.60. The van der Waals surface area contributed by atoms with Crippen LogP contribution in [0.3, 0.4) is 0 Å². The van der Waals surface area contributed by atoms with Gasteiger partial charge in [-0.3, -0.25) is 4.79 Å². The Balaban J connectivity index is 1.15. The normalized spacial score (nSPS) is 46.9. The van der Waals surface area contributed by atoms with Gasteiger partial charge in [-0.15, -0.1) is 0 Å². The van der Waals surface area contributed by atoms with Crippen LogP contribution >= 0.6 is 0 Å². The van der Waals surface area contributed by atoms with E-state index in [0.29, 0.717) is 31.6 Å². The summed E-state index contributed by atoms with van der Waals surface area (Å²) in [4.78, 5) is 38.3. The zero-order valence-electron chi connectivity index (χ0n) is 34.3. The topological polar surface area (TPSA) is 259 Å². The predicted octanol–water partition coefficient (Wildman–Crippen LogP) is 1.15. The molecule has 8 N–H and O–H groups in total. The average Bonchev–Trinajstić information content (AvgIpc) is 3.55. The molecular formula is C42H68O16. The average molecular weight is 829 g/mol. The molecule has 0 aromatic carbocycles. The number of carboxylic acid groups (broad SMARTS) is 1. The van der Waals surface area contributed by atoms with Gasteiger partial charge in [-0.2, -0.15) is 0 Å². The van der Waals surface area contributed by atoms with Gasteiger partial charge in [0, 0.05) is 18.9 Å². The maximum absolute atomic E-state index is 13.7. The maximum Gasteiger partial charge on any atom is 0.332 e. The fraction of sp³-hybridized carbons (Fsp3) is 0.929. The Bertz CT molecular complexity index is 1430. The van der Waals surface area contributed by atoms with Crippen LogP contribution in [0.1, 0.15) is 98.3 Å². The van der Waals surface area contributed by atoms with Crippen molar-refractivity contribution < 1.29 is 78.9 Å². The molecule has 5 aliphatic carbocycles. The standard InChI is InChI=1S/C42H68O16/c1-20(5-8-31(45)46)25-6-7-26-34-27(10-12-42(25,26)4)41(3)11-9-24(56-32(47)19-55-40-39(53)38(52)37(51)30(17-44)58-40)14-23(41)15-28(34)57-33(48)18-54-29-13-22(16-43)21(2)35(49)36(29)50/h20-30,34-40,43-44,49-53H,5-19H2,1-4H3,(H,45,46)/t20?,21?,22?,23-,24+,25+,26?,27?,28-,29?,30?,34?,35?,36?,37?,38?,39?,40?,41-,42+/m0/s1. The van der Waals surface area contributed by atoms with Crippen LogP contribution in [0, 0.1) is 58.2 Å². The first kappa shape index (κ1) is 45.5. The maximum atomic E-state index is 13.7. The SMILES string of the molecule is CC1C(CO)CC(OCC(=O)O[C@H]2C[C@@H]3C[C@H](OC(=O)COC4OC(CO)C(O)C(O)C4O)CC[C@]3(C)C3CC[C@@]4(C)C(CC[C@@H]4C(C)CCC(=O)O)C32)C(O)C1O. The molecule has 0 bridgehead atoms. The number of fused-ring (bicyclic) bond motifs is 5. The second-order valence-corrected chi connectivity index (χ2v) is 19.2. The van der Waals surface area contributed by atoms with Crippen LogP contribution in [0.4, 0.5) is 0 Å². The minimum Gasteiger partial charge on any atom is -0.481 e. The van der Waals surface area contributed by atoms with Crippen molar-refractivity contribution in [1.82, 2.24) is 0 Å². The zero-order chi connectivity index (χ0) is 42.3. The lowest BCUT2D eigenvalue weighted by molar-refractivity contribution is -0.300. The Morgan fingerprint density at radius 1 is 0.741 bits per heavy atom. The number of hydrogen-bond donors (Lipinski definition) is 8. The molecule has 332 valence electrons. The number of ether oxygens (including phenoxy) is 5. The summed E-state index contributed by atoms with van der Waals surface area (Å²) in [6.07, 6.45) is -4.29. The van der Waals surface area contributed by atoms with Gasteiger partial charge in [0.25, 0.3) is 0 Å². The fourth-order valence-electron chi connectivity index (χ4n) is 12.7. The minimum atomic E-state index is -1.65. The van der Waals surface area contributed by atoms with E-state index in [-0.39, 0.29) is 71.7 Å². The Labute approximate surface area is 340 Å². The number of esters is 2. The molecule has 5 saturated carbocycles. The molecule has 1 aliphatic heterocycles. The second kappa shape index (κ2) is 18.5. The van der Waals surface area contributed by atoms with E-state index in [9.17, 15) is 55.2 Å². The summed E-state index contributed by atoms with van der Waals surface area (Å²) in [5.41, 5.74) is -0.192. The molecule has 6 fully saturated rings. The van der Waals surface area contributed by atoms with Crippen molar-refractivity contribution in [3.8, 4) is 0 Å². The van der Waals surface area contributed by atoms with E-state index in [1.807, 2.05) is 0 Å². The van der Waals surface area contributed by atoms with Crippen molar-refractivity contribution in [2.45, 2.75) is 160 Å². The molecule has 0 aromatic heterocycles. The Kier molecular flexibility index (Phi) is 14.6. The number of carbonyl (C=O) groups excluding carboxylic acids is 2. The molecule has 0 radical (unpaired) electrons. The van der Waals surface area contributed by atoms with Gasteiger partial charge in [0.15, 0.2) is 6.29 Å². The summed E-state index contributed by atoms with van der Waals surface area (Å²) in [6, 6.07) is 0. The number of aliphatic hydroxyl groups is 7. The van der Waals surface area contributed by atoms with Crippen molar-refractivity contribution >= 4 is 17.9 Å². The first-order valence-electron chi connectivity index (χ1n) is 21.5. The molecule has 20 atom stereocenters. The van der Waals surface area contributed by atoms with Gasteiger partial charge in [0.1, 0.15) is 55.9 Å². The van der Waals surface area contributed by atoms with Crippen LogP contribution in [0.2, 0.25) is 0 Å². The molecule has 16 heteroatoms. The van der Waals surface area contributed by atoms with E-state index in [1.54, 1.807) is 6.92 Å². The van der Waals surface area contributed by atoms with E-state index < -0.39 is 99.0 Å². The third-order valence-electron chi connectivity index (χ3n) is 16.2. The second-order valence-electron chi connectivity index (χ2n) is 19.2. The summed E-state index contributed by atoms with van der Waals surface area (Å²) >= 11 is 0. The van der Waals surface area contributed by atoms with E-state index in [2.05, 4.69) is 20.8 Å². The Morgan fingerprint density at radius 2 is 1.41 bits per heavy atom. The van der Waals surface area contributed by atoms with E-state index in [4.69, 9.17) is 23.7 Å². The molecule has 6 aliphatic rings. The molecule has 1 heterocycles. The lowest BCUT2D eigenvalue weighted by atomic mass is 9.43. The van der Waals surface area contributed by atoms with Crippen molar-refractivity contribution in [2.75, 3.05) is 26.4 Å². The van der Waals surface area contributed by atoms with E-state index >= 15 is 0 Å². The van der Waals surface area contributed by atoms with Gasteiger partial charge in [-0.05, 0) is 116 Å². The molecule has 14 unspecified atom stereocenters. The summed E-state index contributed by atoms with van der Waals surface area (Å²) in [6.45, 7) is 6.75. The highest BCUT2D eigenvalue weighted by Crippen LogP contribution is 2.69. The smallest absolute Gasteiger partial charge is 0.332 e. The molecule has 0 amide bonds. The summed E-state index contributed by atoms with van der Waals surface area (Å²) < 4.78 is 29.0. The van der Waals surface area contributed by atoms with Gasteiger partial charge in [-0.25, -0.2) is 9.59 Å². The monoisotopic (exact) mass is 828 g/mol. The van der Waals surface area contributed by atoms with Crippen LogP contribution in [-0.4, -0.2) is 146 Å². The largest absolute Gasteiger partial charge is 0.481 e. The van der Waals surface area contributed by atoms with Crippen LogP contribution in [-0.2, 0) is 38.1 Å². The van der Waals surface area contributed by atoms with Gasteiger partial charge in [0.2, 0.25) is 0 Å². The minimum absolute atomic E-state index is 0.0311. The number of rotatable bonds is 14. The summed E-state index contributed by atoms with van der Waals surface area (Å²) in [7, 11) is 0. The highest BCUT2D eigenvalue weighted by molar-refractivity contribution is 5.71. The summed E-state index contributed by atoms with van der Waals surface area (Å²) in [5, 5.41) is 80.6. The number of hydrogen-bond acceptors (Lipinski definition) is 15. The molecule has 0 aromatic rings. The van der Waals surface area contributed by atoms with Crippen molar-refractivity contribution in [3.05, 3.63) is 0 Å². The van der Waals surface area contributed by atoms with E-state index in [1.165, 1.54) is 0 Å². The van der Waals surface area contributed by atoms with E-state index in [0.717, 1.165) is 32.1 Å². The number of aliphatic carboxylic acids is 1. The molecule has 0 spiro atoms. The summed E-state index contributed by atoms with van der Waals surface area (Å²) in [5.74, 6) is -1.60. The number of carboxylic acids is 1.